The molecule has 0 bridgehead atoms. The maximum atomic E-state index is 12.3. The van der Waals surface area contributed by atoms with Gasteiger partial charge in [-0.2, -0.15) is 5.26 Å². The van der Waals surface area contributed by atoms with Crippen molar-refractivity contribution in [3.8, 4) is 6.07 Å². The van der Waals surface area contributed by atoms with E-state index in [1.54, 1.807) is 12.4 Å². The molecule has 1 amide bonds. The minimum Gasteiger partial charge on any atom is -0.352 e. The Bertz CT molecular complexity index is 735. The Kier molecular flexibility index (Phi) is 4.98. The Morgan fingerprint density at radius 2 is 2.00 bits per heavy atom. The van der Waals surface area contributed by atoms with E-state index in [0.29, 0.717) is 42.8 Å². The SMILES string of the molecule is C[C@@H](C(=O)Nc1nccs1)N1CCN(c2nccnc2C#N)CC1. The summed E-state index contributed by atoms with van der Waals surface area (Å²) in [6, 6.07) is 1.83. The molecule has 8 nitrogen and oxygen atoms in total. The lowest BCUT2D eigenvalue weighted by atomic mass is 10.2. The van der Waals surface area contributed by atoms with Crippen LogP contribution in [0.25, 0.3) is 0 Å². The second-order valence-corrected chi connectivity index (χ2v) is 6.26. The summed E-state index contributed by atoms with van der Waals surface area (Å²) in [6.07, 6.45) is 4.77. The molecule has 24 heavy (non-hydrogen) atoms. The summed E-state index contributed by atoms with van der Waals surface area (Å²) in [6.45, 7) is 4.72. The van der Waals surface area contributed by atoms with E-state index in [0.717, 1.165) is 0 Å². The number of carbonyl (C=O) groups excluding carboxylic acids is 1. The van der Waals surface area contributed by atoms with Gasteiger partial charge in [0.1, 0.15) is 6.07 Å². The van der Waals surface area contributed by atoms with Crippen molar-refractivity contribution in [1.82, 2.24) is 19.9 Å². The Morgan fingerprint density at radius 3 is 2.67 bits per heavy atom. The second-order valence-electron chi connectivity index (χ2n) is 5.37. The van der Waals surface area contributed by atoms with Crippen molar-refractivity contribution in [2.75, 3.05) is 36.4 Å². The van der Waals surface area contributed by atoms with E-state index in [1.807, 2.05) is 17.2 Å². The Hall–Kier alpha value is -2.57. The number of nitrogens with one attached hydrogen (secondary N) is 1. The first-order valence-electron chi connectivity index (χ1n) is 7.59. The molecule has 0 saturated carbocycles. The lowest BCUT2D eigenvalue weighted by Crippen LogP contribution is -2.53. The molecule has 0 spiro atoms. The van der Waals surface area contributed by atoms with Gasteiger partial charge in [-0.05, 0) is 6.92 Å². The summed E-state index contributed by atoms with van der Waals surface area (Å²) in [5.74, 6) is 0.551. The van der Waals surface area contributed by atoms with Gasteiger partial charge in [0.05, 0.1) is 6.04 Å². The fourth-order valence-corrected chi connectivity index (χ4v) is 3.15. The molecule has 0 aliphatic carbocycles. The van der Waals surface area contributed by atoms with Crippen LogP contribution in [0, 0.1) is 11.3 Å². The largest absolute Gasteiger partial charge is 0.352 e. The van der Waals surface area contributed by atoms with Crippen LogP contribution < -0.4 is 10.2 Å². The van der Waals surface area contributed by atoms with E-state index >= 15 is 0 Å². The molecule has 1 atom stereocenters. The van der Waals surface area contributed by atoms with Crippen LogP contribution >= 0.6 is 11.3 Å². The smallest absolute Gasteiger partial charge is 0.243 e. The molecule has 2 aromatic heterocycles. The summed E-state index contributed by atoms with van der Waals surface area (Å²) in [5, 5.41) is 14.4. The quantitative estimate of drug-likeness (QED) is 0.882. The van der Waals surface area contributed by atoms with Crippen LogP contribution in [-0.4, -0.2) is 58.0 Å². The van der Waals surface area contributed by atoms with Crippen molar-refractivity contribution in [2.24, 2.45) is 0 Å². The molecule has 1 aliphatic rings. The van der Waals surface area contributed by atoms with Crippen molar-refractivity contribution >= 4 is 28.2 Å². The number of thiazole rings is 1. The van der Waals surface area contributed by atoms with Crippen LogP contribution in [-0.2, 0) is 4.79 Å². The monoisotopic (exact) mass is 343 g/mol. The zero-order chi connectivity index (χ0) is 16.9. The van der Waals surface area contributed by atoms with E-state index < -0.39 is 0 Å². The van der Waals surface area contributed by atoms with Crippen LogP contribution in [0.2, 0.25) is 0 Å². The Morgan fingerprint density at radius 1 is 1.25 bits per heavy atom. The fourth-order valence-electron chi connectivity index (χ4n) is 2.62. The lowest BCUT2D eigenvalue weighted by Gasteiger charge is -2.37. The number of nitrogens with zero attached hydrogens (tertiary/aromatic N) is 6. The molecule has 1 saturated heterocycles. The molecule has 0 radical (unpaired) electrons. The highest BCUT2D eigenvalue weighted by Gasteiger charge is 2.27. The lowest BCUT2D eigenvalue weighted by molar-refractivity contribution is -0.120. The molecule has 2 aromatic rings. The predicted molar refractivity (Wildman–Crippen MR) is 90.7 cm³/mol. The molecule has 0 unspecified atom stereocenters. The van der Waals surface area contributed by atoms with Crippen molar-refractivity contribution in [1.29, 1.82) is 5.26 Å². The highest BCUT2D eigenvalue weighted by molar-refractivity contribution is 7.13. The number of aromatic nitrogens is 3. The van der Waals surface area contributed by atoms with Gasteiger partial charge in [0.15, 0.2) is 16.6 Å². The van der Waals surface area contributed by atoms with Crippen molar-refractivity contribution in [2.45, 2.75) is 13.0 Å². The first kappa shape index (κ1) is 16.3. The third kappa shape index (κ3) is 3.50. The number of hydrogen-bond acceptors (Lipinski definition) is 8. The second kappa shape index (κ2) is 7.33. The fraction of sp³-hybridized carbons (Fsp3) is 0.400. The first-order valence-corrected chi connectivity index (χ1v) is 8.47. The summed E-state index contributed by atoms with van der Waals surface area (Å²) < 4.78 is 0. The number of piperazine rings is 1. The zero-order valence-corrected chi connectivity index (χ0v) is 14.0. The van der Waals surface area contributed by atoms with Crippen LogP contribution in [0.5, 0.6) is 0 Å². The summed E-state index contributed by atoms with van der Waals surface area (Å²) in [7, 11) is 0. The molecule has 3 rings (SSSR count). The van der Waals surface area contributed by atoms with E-state index in [4.69, 9.17) is 5.26 Å². The van der Waals surface area contributed by atoms with Gasteiger partial charge < -0.3 is 10.2 Å². The number of anilines is 2. The van der Waals surface area contributed by atoms with Crippen LogP contribution in [0.4, 0.5) is 10.9 Å². The molecule has 124 valence electrons. The molecule has 1 N–H and O–H groups in total. The maximum absolute atomic E-state index is 12.3. The standard InChI is InChI=1S/C15H17N7OS/c1-11(14(23)20-15-19-4-9-24-15)21-5-7-22(8-6-21)13-12(10-16)17-2-3-18-13/h2-4,9,11H,5-8H2,1H3,(H,19,20,23)/t11-/m0/s1. The number of carbonyl (C=O) groups is 1. The van der Waals surface area contributed by atoms with E-state index in [2.05, 4.69) is 31.2 Å². The summed E-state index contributed by atoms with van der Waals surface area (Å²) >= 11 is 1.40. The van der Waals surface area contributed by atoms with E-state index in [-0.39, 0.29) is 11.9 Å². The van der Waals surface area contributed by atoms with Crippen molar-refractivity contribution < 1.29 is 4.79 Å². The molecule has 1 fully saturated rings. The molecule has 1 aliphatic heterocycles. The van der Waals surface area contributed by atoms with Gasteiger partial charge in [-0.1, -0.05) is 0 Å². The third-order valence-electron chi connectivity index (χ3n) is 3.99. The van der Waals surface area contributed by atoms with E-state index in [9.17, 15) is 4.79 Å². The van der Waals surface area contributed by atoms with Gasteiger partial charge in [-0.15, -0.1) is 11.3 Å². The van der Waals surface area contributed by atoms with Gasteiger partial charge in [0, 0.05) is 50.1 Å². The van der Waals surface area contributed by atoms with Crippen LogP contribution in [0.3, 0.4) is 0 Å². The van der Waals surface area contributed by atoms with Crippen LogP contribution in [0.1, 0.15) is 12.6 Å². The van der Waals surface area contributed by atoms with Crippen molar-refractivity contribution in [3.05, 3.63) is 29.7 Å². The summed E-state index contributed by atoms with van der Waals surface area (Å²) in [4.78, 5) is 28.8. The molecule has 9 heteroatoms. The van der Waals surface area contributed by atoms with Gasteiger partial charge >= 0.3 is 0 Å². The zero-order valence-electron chi connectivity index (χ0n) is 13.2. The predicted octanol–water partition coefficient (Wildman–Crippen LogP) is 0.954. The van der Waals surface area contributed by atoms with Gasteiger partial charge in [-0.3, -0.25) is 9.69 Å². The van der Waals surface area contributed by atoms with Gasteiger partial charge in [0.2, 0.25) is 5.91 Å². The number of amides is 1. The van der Waals surface area contributed by atoms with Crippen LogP contribution in [0.15, 0.2) is 24.0 Å². The molecule has 3 heterocycles. The summed E-state index contributed by atoms with van der Waals surface area (Å²) in [5.41, 5.74) is 0.334. The minimum absolute atomic E-state index is 0.0596. The van der Waals surface area contributed by atoms with Gasteiger partial charge in [0.25, 0.3) is 0 Å². The first-order chi connectivity index (χ1) is 11.7. The highest BCUT2D eigenvalue weighted by Crippen LogP contribution is 2.18. The Balaban J connectivity index is 1.58. The molecular formula is C15H17N7OS. The number of rotatable bonds is 4. The Labute approximate surface area is 143 Å². The number of nitriles is 1. The molecular weight excluding hydrogens is 326 g/mol. The molecule has 0 aromatic carbocycles. The average molecular weight is 343 g/mol. The highest BCUT2D eigenvalue weighted by atomic mass is 32.1. The van der Waals surface area contributed by atoms with Gasteiger partial charge in [-0.25, -0.2) is 15.0 Å². The van der Waals surface area contributed by atoms with E-state index in [1.165, 1.54) is 17.5 Å². The topological polar surface area (TPSA) is 98.0 Å². The number of hydrogen-bond donors (Lipinski definition) is 1. The van der Waals surface area contributed by atoms with Crippen molar-refractivity contribution in [3.63, 3.8) is 0 Å². The maximum Gasteiger partial charge on any atom is 0.243 e. The third-order valence-corrected chi connectivity index (χ3v) is 4.68. The average Bonchev–Trinajstić information content (AvgIpc) is 3.14. The normalized spacial score (nSPS) is 16.4. The minimum atomic E-state index is -0.242.